The van der Waals surface area contributed by atoms with E-state index in [0.29, 0.717) is 11.7 Å². The van der Waals surface area contributed by atoms with E-state index in [4.69, 9.17) is 0 Å². The van der Waals surface area contributed by atoms with Crippen molar-refractivity contribution < 1.29 is 22.9 Å². The zero-order valence-electron chi connectivity index (χ0n) is 14.5. The number of nitrogens with zero attached hydrogens (tertiary/aromatic N) is 4. The van der Waals surface area contributed by atoms with Crippen LogP contribution in [0.3, 0.4) is 0 Å². The Balaban J connectivity index is 1.99. The summed E-state index contributed by atoms with van der Waals surface area (Å²) in [6, 6.07) is 5.65. The van der Waals surface area contributed by atoms with Gasteiger partial charge >= 0.3 is 6.18 Å². The topological polar surface area (TPSA) is 103 Å². The zero-order valence-corrected chi connectivity index (χ0v) is 14.5. The smallest absolute Gasteiger partial charge is 0.346 e. The molecule has 28 heavy (non-hydrogen) atoms. The van der Waals surface area contributed by atoms with Crippen LogP contribution < -0.4 is 5.32 Å². The lowest BCUT2D eigenvalue weighted by Gasteiger charge is -2.19. The number of hydrogen-bond acceptors (Lipinski definition) is 5. The first-order chi connectivity index (χ1) is 13.2. The van der Waals surface area contributed by atoms with Gasteiger partial charge in [-0.2, -0.15) is 13.2 Å². The lowest BCUT2D eigenvalue weighted by Crippen LogP contribution is -2.30. The molecule has 0 saturated carbocycles. The summed E-state index contributed by atoms with van der Waals surface area (Å²) in [5, 5.41) is 13.9. The lowest BCUT2D eigenvalue weighted by molar-refractivity contribution is -0.383. The molecule has 8 nitrogen and oxygen atoms in total. The van der Waals surface area contributed by atoms with Gasteiger partial charge in [-0.3, -0.25) is 19.9 Å². The van der Waals surface area contributed by atoms with Gasteiger partial charge in [0.15, 0.2) is 0 Å². The quantitative estimate of drug-likeness (QED) is 0.530. The van der Waals surface area contributed by atoms with Crippen molar-refractivity contribution in [1.82, 2.24) is 19.9 Å². The second-order valence-electron chi connectivity index (χ2n) is 6.02. The number of nitrogens with one attached hydrogen (secondary N) is 1. The number of carbonyl (C=O) groups is 1. The molecule has 0 spiro atoms. The van der Waals surface area contributed by atoms with Gasteiger partial charge in [0.25, 0.3) is 5.69 Å². The van der Waals surface area contributed by atoms with E-state index >= 15 is 0 Å². The van der Waals surface area contributed by atoms with Crippen molar-refractivity contribution >= 4 is 22.6 Å². The molecule has 3 rings (SSSR count). The molecular weight excluding hydrogens is 379 g/mol. The summed E-state index contributed by atoms with van der Waals surface area (Å²) in [7, 11) is 0. The summed E-state index contributed by atoms with van der Waals surface area (Å²) < 4.78 is 39.7. The van der Waals surface area contributed by atoms with Gasteiger partial charge in [0.1, 0.15) is 5.52 Å². The predicted octanol–water partition coefficient (Wildman–Crippen LogP) is 3.24. The maximum Gasteiger partial charge on any atom is 0.417 e. The van der Waals surface area contributed by atoms with Crippen LogP contribution >= 0.6 is 0 Å². The van der Waals surface area contributed by atoms with Crippen molar-refractivity contribution in [3.05, 3.63) is 64.2 Å². The number of rotatable bonds is 5. The summed E-state index contributed by atoms with van der Waals surface area (Å²) in [6.45, 7) is 1.25. The van der Waals surface area contributed by atoms with Gasteiger partial charge in [-0.1, -0.05) is 6.07 Å². The molecule has 0 radical (unpaired) electrons. The Kier molecular flexibility index (Phi) is 4.99. The molecule has 0 saturated heterocycles. The Morgan fingerprint density at radius 2 is 2.04 bits per heavy atom. The Morgan fingerprint density at radius 3 is 2.61 bits per heavy atom. The highest BCUT2D eigenvalue weighted by atomic mass is 19.4. The molecular formula is C17H14F3N5O3. The molecule has 1 N–H and O–H groups in total. The summed E-state index contributed by atoms with van der Waals surface area (Å²) in [5.41, 5.74) is -0.270. The van der Waals surface area contributed by atoms with E-state index in [0.717, 1.165) is 12.1 Å². The van der Waals surface area contributed by atoms with Crippen LogP contribution in [0.5, 0.6) is 0 Å². The SMILES string of the molecule is CC(=O)NC(Cn1cnc2cccc([N+](=O)[O-])c21)c1ccc(C(F)(F)F)cn1. The molecule has 0 bridgehead atoms. The van der Waals surface area contributed by atoms with E-state index in [2.05, 4.69) is 15.3 Å². The monoisotopic (exact) mass is 393 g/mol. The minimum Gasteiger partial charge on any atom is -0.346 e. The average Bonchev–Trinajstić information content (AvgIpc) is 3.03. The minimum atomic E-state index is -4.53. The molecule has 2 heterocycles. The number of non-ortho nitro benzene ring substituents is 1. The second-order valence-corrected chi connectivity index (χ2v) is 6.02. The van der Waals surface area contributed by atoms with E-state index in [-0.39, 0.29) is 23.4 Å². The highest BCUT2D eigenvalue weighted by molar-refractivity contribution is 5.84. The molecule has 0 aliphatic rings. The van der Waals surface area contributed by atoms with Crippen LogP contribution in [-0.4, -0.2) is 25.4 Å². The number of pyridine rings is 1. The van der Waals surface area contributed by atoms with Crippen molar-refractivity contribution in [3.63, 3.8) is 0 Å². The standard InChI is InChI=1S/C17H14F3N5O3/c1-10(26)23-14(12-6-5-11(7-21-12)17(18,19)20)8-24-9-22-13-3-2-4-15(16(13)24)25(27)28/h2-7,9,14H,8H2,1H3,(H,23,26). The molecule has 1 aromatic carbocycles. The fourth-order valence-electron chi connectivity index (χ4n) is 2.83. The van der Waals surface area contributed by atoms with Gasteiger partial charge in [0.2, 0.25) is 5.91 Å². The largest absolute Gasteiger partial charge is 0.417 e. The first-order valence-corrected chi connectivity index (χ1v) is 8.05. The third-order valence-electron chi connectivity index (χ3n) is 4.04. The fourth-order valence-corrected chi connectivity index (χ4v) is 2.83. The van der Waals surface area contributed by atoms with E-state index in [9.17, 15) is 28.1 Å². The number of nitro groups is 1. The Bertz CT molecular complexity index is 1030. The van der Waals surface area contributed by atoms with Crippen LogP contribution in [0.2, 0.25) is 0 Å². The molecule has 11 heteroatoms. The van der Waals surface area contributed by atoms with Crippen LogP contribution in [0.4, 0.5) is 18.9 Å². The Labute approximate surface area is 156 Å². The van der Waals surface area contributed by atoms with Crippen LogP contribution in [0.25, 0.3) is 11.0 Å². The molecule has 0 aliphatic heterocycles. The predicted molar refractivity (Wildman–Crippen MR) is 92.2 cm³/mol. The maximum atomic E-state index is 12.7. The molecule has 0 fully saturated rings. The van der Waals surface area contributed by atoms with Crippen LogP contribution in [0, 0.1) is 10.1 Å². The van der Waals surface area contributed by atoms with E-state index in [1.807, 2.05) is 0 Å². The van der Waals surface area contributed by atoms with Gasteiger partial charge in [-0.05, 0) is 18.2 Å². The molecule has 2 aromatic heterocycles. The summed E-state index contributed by atoms with van der Waals surface area (Å²) in [6.07, 6.45) is -2.48. The van der Waals surface area contributed by atoms with Gasteiger partial charge in [-0.25, -0.2) is 4.98 Å². The number of fused-ring (bicyclic) bond motifs is 1. The van der Waals surface area contributed by atoms with Crippen LogP contribution in [-0.2, 0) is 17.5 Å². The first-order valence-electron chi connectivity index (χ1n) is 8.05. The van der Waals surface area contributed by atoms with Gasteiger partial charge in [0, 0.05) is 19.2 Å². The minimum absolute atomic E-state index is 0.000697. The molecule has 1 amide bonds. The molecule has 1 unspecified atom stereocenters. The van der Waals surface area contributed by atoms with Crippen molar-refractivity contribution in [2.75, 3.05) is 0 Å². The number of benzene rings is 1. The fraction of sp³-hybridized carbons (Fsp3) is 0.235. The number of para-hydroxylation sites is 1. The highest BCUT2D eigenvalue weighted by Gasteiger charge is 2.31. The van der Waals surface area contributed by atoms with E-state index in [1.54, 1.807) is 6.07 Å². The molecule has 3 aromatic rings. The number of halogens is 3. The number of alkyl halides is 3. The number of aromatic nitrogens is 3. The maximum absolute atomic E-state index is 12.7. The third kappa shape index (κ3) is 3.92. The Hall–Kier alpha value is -3.50. The van der Waals surface area contributed by atoms with Gasteiger partial charge in [-0.15, -0.1) is 0 Å². The van der Waals surface area contributed by atoms with Crippen molar-refractivity contribution in [1.29, 1.82) is 0 Å². The van der Waals surface area contributed by atoms with Gasteiger partial charge in [0.05, 0.1) is 40.6 Å². The number of hydrogen-bond donors (Lipinski definition) is 1. The summed E-state index contributed by atoms with van der Waals surface area (Å²) in [5.74, 6) is -0.425. The zero-order chi connectivity index (χ0) is 20.5. The highest BCUT2D eigenvalue weighted by Crippen LogP contribution is 2.30. The second kappa shape index (κ2) is 7.25. The lowest BCUT2D eigenvalue weighted by atomic mass is 10.1. The average molecular weight is 393 g/mol. The van der Waals surface area contributed by atoms with Gasteiger partial charge < -0.3 is 9.88 Å². The van der Waals surface area contributed by atoms with Crippen LogP contribution in [0.15, 0.2) is 42.9 Å². The van der Waals surface area contributed by atoms with Crippen molar-refractivity contribution in [3.8, 4) is 0 Å². The number of amides is 1. The summed E-state index contributed by atoms with van der Waals surface area (Å²) in [4.78, 5) is 30.2. The molecule has 1 atom stereocenters. The number of carbonyl (C=O) groups excluding carboxylic acids is 1. The van der Waals surface area contributed by atoms with E-state index < -0.39 is 28.6 Å². The van der Waals surface area contributed by atoms with Crippen molar-refractivity contribution in [2.45, 2.75) is 25.7 Å². The molecule has 146 valence electrons. The van der Waals surface area contributed by atoms with Crippen molar-refractivity contribution in [2.24, 2.45) is 0 Å². The first kappa shape index (κ1) is 19.3. The number of nitro benzene ring substituents is 1. The normalized spacial score (nSPS) is 12.7. The third-order valence-corrected chi connectivity index (χ3v) is 4.04. The van der Waals surface area contributed by atoms with Crippen LogP contribution in [0.1, 0.15) is 24.2 Å². The summed E-state index contributed by atoms with van der Waals surface area (Å²) >= 11 is 0. The number of imidazole rings is 1. The molecule has 0 aliphatic carbocycles. The Morgan fingerprint density at radius 1 is 1.29 bits per heavy atom. The van der Waals surface area contributed by atoms with E-state index in [1.165, 1.54) is 30.0 Å².